The Morgan fingerprint density at radius 3 is 0.929 bits per heavy atom. The molecule has 4 aliphatic carbocycles. The fourth-order valence-corrected chi connectivity index (χ4v) is 11.7. The van der Waals surface area contributed by atoms with Crippen LogP contribution in [0, 0.1) is 53.8 Å². The Morgan fingerprint density at radius 2 is 0.595 bits per heavy atom. The molecule has 5 aliphatic heterocycles. The molecule has 0 radical (unpaired) electrons. The van der Waals surface area contributed by atoms with Crippen LogP contribution >= 0.6 is 0 Å². The third-order valence-corrected chi connectivity index (χ3v) is 13.6. The second-order valence-corrected chi connectivity index (χ2v) is 15.4. The number of hydrogen-bond donors (Lipinski definition) is 8. The van der Waals surface area contributed by atoms with Gasteiger partial charge in [-0.3, -0.25) is 42.5 Å². The standard InChI is InChI=1S/C32H55N8.FH.Mg/c1-2-10-18-17(9-1)25-33-26(18)38-28-21-13-5-6-14-22(21)30(35-28)40-32-24-16-8-7-15-23(24)31(36-32)39-29-20-12-4-3-11-19(20)27(34-29)37-25;;/h9,17-40H,1-8,10-16H2;1H;/q-1;;+2/p-1. The Hall–Kier alpha value is 0.376. The molecule has 42 heavy (non-hydrogen) atoms. The largest absolute Gasteiger partial charge is 2.00 e. The normalized spacial score (nSPS) is 54.9. The second kappa shape index (κ2) is 12.9. The zero-order chi connectivity index (χ0) is 26.2. The molecule has 0 aromatic heterocycles. The second-order valence-electron chi connectivity index (χ2n) is 15.4. The predicted octanol–water partition coefficient (Wildman–Crippen LogP) is -0.957. The number of halogens is 1. The van der Waals surface area contributed by atoms with Gasteiger partial charge >= 0.3 is 23.1 Å². The van der Waals surface area contributed by atoms with E-state index < -0.39 is 0 Å². The molecule has 0 spiro atoms. The Balaban J connectivity index is 0.00000144. The van der Waals surface area contributed by atoms with Crippen LogP contribution in [0.2, 0.25) is 0 Å². The smallest absolute Gasteiger partial charge is 1.00 e. The van der Waals surface area contributed by atoms with Crippen LogP contribution in [0.15, 0.2) is 0 Å². The maximum atomic E-state index is 4.25. The van der Waals surface area contributed by atoms with Crippen molar-refractivity contribution in [2.45, 2.75) is 146 Å². The molecule has 8 bridgehead atoms. The van der Waals surface area contributed by atoms with Crippen LogP contribution in [0.1, 0.15) is 96.3 Å². The molecule has 9 fully saturated rings. The van der Waals surface area contributed by atoms with E-state index in [1.165, 1.54) is 96.3 Å². The van der Waals surface area contributed by atoms with Gasteiger partial charge in [0.15, 0.2) is 0 Å². The van der Waals surface area contributed by atoms with Gasteiger partial charge in [0.25, 0.3) is 0 Å². The van der Waals surface area contributed by atoms with Crippen LogP contribution in [0.5, 0.6) is 0 Å². The van der Waals surface area contributed by atoms with E-state index in [0.717, 1.165) is 35.5 Å². The number of rotatable bonds is 0. The van der Waals surface area contributed by atoms with Crippen molar-refractivity contribution in [2.75, 3.05) is 0 Å². The average Bonchev–Trinajstić information content (AvgIpc) is 3.73. The zero-order valence-corrected chi connectivity index (χ0v) is 26.9. The first kappa shape index (κ1) is 31.0. The molecule has 0 aromatic rings. The molecular weight excluding hydrogens is 540 g/mol. The van der Waals surface area contributed by atoms with E-state index in [1.54, 1.807) is 0 Å². The third-order valence-electron chi connectivity index (χ3n) is 13.6. The first-order valence-corrected chi connectivity index (χ1v) is 17.7. The van der Waals surface area contributed by atoms with Crippen LogP contribution in [0.3, 0.4) is 0 Å². The van der Waals surface area contributed by atoms with Crippen molar-refractivity contribution in [3.05, 3.63) is 6.42 Å². The first-order chi connectivity index (χ1) is 19.8. The number of hydrogen-bond acceptors (Lipinski definition) is 8. The van der Waals surface area contributed by atoms with E-state index in [4.69, 9.17) is 0 Å². The van der Waals surface area contributed by atoms with E-state index in [-0.39, 0.29) is 27.8 Å². The summed E-state index contributed by atoms with van der Waals surface area (Å²) in [7, 11) is 0. The number of fused-ring (bicyclic) bond motifs is 20. The summed E-state index contributed by atoms with van der Waals surface area (Å²) >= 11 is 0. The van der Waals surface area contributed by atoms with Gasteiger partial charge in [-0.1, -0.05) is 51.4 Å². The summed E-state index contributed by atoms with van der Waals surface area (Å²) in [5.74, 6) is 5.74. The average molecular weight is 595 g/mol. The van der Waals surface area contributed by atoms with Gasteiger partial charge in [0, 0.05) is 6.17 Å². The molecular formula is C32H55FMgN8. The summed E-state index contributed by atoms with van der Waals surface area (Å²) in [4.78, 5) is 0. The monoisotopic (exact) mass is 594 g/mol. The van der Waals surface area contributed by atoms with Crippen molar-refractivity contribution in [1.82, 2.24) is 42.5 Å². The fraction of sp³-hybridized carbons (Fsp3) is 0.969. The van der Waals surface area contributed by atoms with Gasteiger partial charge in [0.05, 0.1) is 43.2 Å². The van der Waals surface area contributed by atoms with Crippen molar-refractivity contribution in [2.24, 2.45) is 47.3 Å². The van der Waals surface area contributed by atoms with Crippen molar-refractivity contribution < 1.29 is 4.70 Å². The molecule has 5 heterocycles. The van der Waals surface area contributed by atoms with Gasteiger partial charge < -0.3 is 11.1 Å². The van der Waals surface area contributed by atoms with E-state index >= 15 is 0 Å². The van der Waals surface area contributed by atoms with Gasteiger partial charge in [0.1, 0.15) is 0 Å². The third kappa shape index (κ3) is 5.33. The molecule has 8 N–H and O–H groups in total. The van der Waals surface area contributed by atoms with Crippen molar-refractivity contribution in [1.29, 1.82) is 0 Å². The molecule has 16 unspecified atom stereocenters. The molecule has 0 amide bonds. The van der Waals surface area contributed by atoms with Crippen LogP contribution in [-0.2, 0) is 0 Å². The van der Waals surface area contributed by atoms with E-state index in [1.807, 2.05) is 0 Å². The summed E-state index contributed by atoms with van der Waals surface area (Å²) in [5.41, 5.74) is 0. The van der Waals surface area contributed by atoms with E-state index in [0.29, 0.717) is 61.2 Å². The molecule has 8 nitrogen and oxygen atoms in total. The van der Waals surface area contributed by atoms with Gasteiger partial charge in [-0.25, -0.2) is 0 Å². The Kier molecular flexibility index (Phi) is 9.50. The van der Waals surface area contributed by atoms with Crippen LogP contribution in [-0.4, -0.2) is 72.4 Å². The predicted molar refractivity (Wildman–Crippen MR) is 163 cm³/mol. The van der Waals surface area contributed by atoms with Gasteiger partial charge in [-0.15, -0.1) is 5.92 Å². The Morgan fingerprint density at radius 1 is 0.333 bits per heavy atom. The van der Waals surface area contributed by atoms with Crippen LogP contribution in [0.4, 0.5) is 0 Å². The molecule has 9 rings (SSSR count). The maximum absolute atomic E-state index is 4.25. The molecule has 10 heteroatoms. The van der Waals surface area contributed by atoms with E-state index in [9.17, 15) is 0 Å². The number of nitrogens with one attached hydrogen (secondary N) is 8. The zero-order valence-electron chi connectivity index (χ0n) is 25.5. The molecule has 232 valence electrons. The van der Waals surface area contributed by atoms with Crippen molar-refractivity contribution >= 4 is 23.1 Å². The first-order valence-electron chi connectivity index (χ1n) is 17.7. The molecule has 4 saturated carbocycles. The molecule has 16 atom stereocenters. The van der Waals surface area contributed by atoms with Crippen molar-refractivity contribution in [3.8, 4) is 0 Å². The Labute approximate surface area is 268 Å². The van der Waals surface area contributed by atoms with Crippen molar-refractivity contribution in [3.63, 3.8) is 0 Å². The minimum Gasteiger partial charge on any atom is -1.00 e. The van der Waals surface area contributed by atoms with Gasteiger partial charge in [0.2, 0.25) is 0 Å². The van der Waals surface area contributed by atoms with Gasteiger partial charge in [-0.05, 0) is 80.0 Å². The van der Waals surface area contributed by atoms with Gasteiger partial charge in [-0.2, -0.15) is 6.42 Å². The fourth-order valence-electron chi connectivity index (χ4n) is 11.7. The molecule has 5 saturated heterocycles. The Bertz CT molecular complexity index is 723. The minimum absolute atomic E-state index is 0. The molecule has 0 aromatic carbocycles. The summed E-state index contributed by atoms with van der Waals surface area (Å²) in [5, 5.41) is 33.7. The minimum atomic E-state index is 0. The summed E-state index contributed by atoms with van der Waals surface area (Å²) in [6.45, 7) is 0. The SMILES string of the molecule is [CH-]1CCCC2C3NC(NC4NC(NC5NC(NC6NC(N3)C3CCCCC63)C3CCCCC53)C3CCCCC43)C12.[F-].[Mg+2]. The topological polar surface area (TPSA) is 96.2 Å². The quantitative estimate of drug-likeness (QED) is 0.134. The summed E-state index contributed by atoms with van der Waals surface area (Å²) < 4.78 is 0. The van der Waals surface area contributed by atoms with E-state index in [2.05, 4.69) is 49.0 Å². The van der Waals surface area contributed by atoms with Crippen LogP contribution in [0.25, 0.3) is 0 Å². The van der Waals surface area contributed by atoms with Crippen LogP contribution < -0.4 is 47.2 Å². The maximum Gasteiger partial charge on any atom is 2.00 e. The molecule has 9 aliphatic rings. The summed E-state index contributed by atoms with van der Waals surface area (Å²) in [6.07, 6.45) is 26.4. The summed E-state index contributed by atoms with van der Waals surface area (Å²) in [6, 6.07) is 0.